The molecule has 1 atom stereocenters. The first-order chi connectivity index (χ1) is 11.6. The second-order valence-corrected chi connectivity index (χ2v) is 5.57. The van der Waals surface area contributed by atoms with Gasteiger partial charge in [-0.25, -0.2) is 9.18 Å². The molecule has 2 N–H and O–H groups in total. The summed E-state index contributed by atoms with van der Waals surface area (Å²) in [4.78, 5) is 26.0. The van der Waals surface area contributed by atoms with Crippen LogP contribution in [0, 0.1) is 5.82 Å². The highest BCUT2D eigenvalue weighted by Crippen LogP contribution is 2.21. The Morgan fingerprint density at radius 1 is 1.33 bits per heavy atom. The van der Waals surface area contributed by atoms with Gasteiger partial charge in [0.15, 0.2) is 0 Å². The maximum atomic E-state index is 13.4. The van der Waals surface area contributed by atoms with Crippen molar-refractivity contribution in [1.29, 1.82) is 0 Å². The average molecular weight is 331 g/mol. The Balaban J connectivity index is 1.59. The molecule has 1 aliphatic heterocycles. The predicted molar refractivity (Wildman–Crippen MR) is 85.9 cm³/mol. The summed E-state index contributed by atoms with van der Waals surface area (Å²) in [5.74, 6) is -0.00641. The van der Waals surface area contributed by atoms with Crippen LogP contribution >= 0.6 is 0 Å². The lowest BCUT2D eigenvalue weighted by Gasteiger charge is -2.32. The number of anilines is 1. The Morgan fingerprint density at radius 3 is 2.96 bits per heavy atom. The molecule has 2 heterocycles. The highest BCUT2D eigenvalue weighted by Gasteiger charge is 2.30. The van der Waals surface area contributed by atoms with Crippen LogP contribution in [0.5, 0.6) is 0 Å². The van der Waals surface area contributed by atoms with Crippen LogP contribution in [0.25, 0.3) is 0 Å². The largest absolute Gasteiger partial charge is 0.467 e. The Bertz CT molecular complexity index is 718. The number of hydrogen-bond acceptors (Lipinski definition) is 3. The maximum absolute atomic E-state index is 13.4. The Labute approximate surface area is 138 Å². The van der Waals surface area contributed by atoms with Gasteiger partial charge in [0, 0.05) is 12.2 Å². The van der Waals surface area contributed by atoms with Gasteiger partial charge in [0.1, 0.15) is 17.6 Å². The van der Waals surface area contributed by atoms with Crippen LogP contribution < -0.4 is 15.5 Å². The quantitative estimate of drug-likeness (QED) is 0.903. The predicted octanol–water partition coefficient (Wildman–Crippen LogP) is 2.41. The molecule has 0 spiro atoms. The van der Waals surface area contributed by atoms with E-state index in [4.69, 9.17) is 4.42 Å². The van der Waals surface area contributed by atoms with E-state index in [9.17, 15) is 14.0 Å². The minimum Gasteiger partial charge on any atom is -0.467 e. The fraction of sp³-hybridized carbons (Fsp3) is 0.294. The lowest BCUT2D eigenvalue weighted by Crippen LogP contribution is -2.54. The summed E-state index contributed by atoms with van der Waals surface area (Å²) < 4.78 is 18.5. The van der Waals surface area contributed by atoms with Gasteiger partial charge < -0.3 is 20.0 Å². The standard InChI is InChI=1S/C17H18FN3O3/c18-12-4-1-5-13(10-12)21-8-2-7-15(16(21)22)20-17(23)19-11-14-6-3-9-24-14/h1,3-6,9-10,15H,2,7-8,11H2,(H2,19,20,23). The average Bonchev–Trinajstić information content (AvgIpc) is 3.08. The van der Waals surface area contributed by atoms with Crippen LogP contribution in [-0.2, 0) is 11.3 Å². The van der Waals surface area contributed by atoms with E-state index in [1.54, 1.807) is 24.3 Å². The van der Waals surface area contributed by atoms with E-state index in [0.29, 0.717) is 24.4 Å². The van der Waals surface area contributed by atoms with Crippen molar-refractivity contribution in [3.05, 3.63) is 54.2 Å². The number of rotatable bonds is 4. The zero-order chi connectivity index (χ0) is 16.9. The van der Waals surface area contributed by atoms with Crippen molar-refractivity contribution < 1.29 is 18.4 Å². The summed E-state index contributed by atoms with van der Waals surface area (Å²) >= 11 is 0. The van der Waals surface area contributed by atoms with E-state index in [0.717, 1.165) is 6.42 Å². The van der Waals surface area contributed by atoms with Crippen molar-refractivity contribution in [3.8, 4) is 0 Å². The number of piperidine rings is 1. The summed E-state index contributed by atoms with van der Waals surface area (Å²) in [5.41, 5.74) is 0.502. The van der Waals surface area contributed by atoms with Crippen molar-refractivity contribution >= 4 is 17.6 Å². The Morgan fingerprint density at radius 2 is 2.21 bits per heavy atom. The zero-order valence-electron chi connectivity index (χ0n) is 13.0. The van der Waals surface area contributed by atoms with E-state index in [1.807, 2.05) is 0 Å². The number of furan rings is 1. The van der Waals surface area contributed by atoms with Crippen LogP contribution in [0.3, 0.4) is 0 Å². The first-order valence-electron chi connectivity index (χ1n) is 7.77. The molecule has 7 heteroatoms. The fourth-order valence-corrected chi connectivity index (χ4v) is 2.70. The number of benzene rings is 1. The molecular weight excluding hydrogens is 313 g/mol. The number of carbonyl (C=O) groups excluding carboxylic acids is 2. The van der Waals surface area contributed by atoms with Gasteiger partial charge in [0.2, 0.25) is 5.91 Å². The van der Waals surface area contributed by atoms with Crippen LogP contribution in [-0.4, -0.2) is 24.5 Å². The van der Waals surface area contributed by atoms with Crippen molar-refractivity contribution in [2.75, 3.05) is 11.4 Å². The number of halogens is 1. The van der Waals surface area contributed by atoms with Gasteiger partial charge in [-0.1, -0.05) is 6.07 Å². The first kappa shape index (κ1) is 16.0. The van der Waals surface area contributed by atoms with Gasteiger partial charge in [-0.05, 0) is 43.2 Å². The number of carbonyl (C=O) groups is 2. The third kappa shape index (κ3) is 3.73. The Hall–Kier alpha value is -2.83. The molecule has 0 bridgehead atoms. The molecule has 1 saturated heterocycles. The summed E-state index contributed by atoms with van der Waals surface area (Å²) in [6.45, 7) is 0.752. The number of nitrogens with zero attached hydrogens (tertiary/aromatic N) is 1. The minimum absolute atomic E-state index is 0.236. The highest BCUT2D eigenvalue weighted by molar-refractivity contribution is 5.99. The fourth-order valence-electron chi connectivity index (χ4n) is 2.70. The molecule has 1 aromatic heterocycles. The first-order valence-corrected chi connectivity index (χ1v) is 7.77. The highest BCUT2D eigenvalue weighted by atomic mass is 19.1. The number of amides is 3. The molecule has 0 saturated carbocycles. The normalized spacial score (nSPS) is 17.6. The molecular formula is C17H18FN3O3. The molecule has 24 heavy (non-hydrogen) atoms. The van der Waals surface area contributed by atoms with Gasteiger partial charge in [-0.15, -0.1) is 0 Å². The van der Waals surface area contributed by atoms with Gasteiger partial charge >= 0.3 is 6.03 Å². The van der Waals surface area contributed by atoms with E-state index < -0.39 is 17.9 Å². The molecule has 0 aliphatic carbocycles. The third-order valence-electron chi connectivity index (χ3n) is 3.87. The van der Waals surface area contributed by atoms with Crippen molar-refractivity contribution in [1.82, 2.24) is 10.6 Å². The van der Waals surface area contributed by atoms with Crippen LogP contribution in [0.1, 0.15) is 18.6 Å². The summed E-state index contributed by atoms with van der Waals surface area (Å²) in [7, 11) is 0. The van der Waals surface area contributed by atoms with Crippen LogP contribution in [0.2, 0.25) is 0 Å². The van der Waals surface area contributed by atoms with E-state index in [-0.39, 0.29) is 12.5 Å². The van der Waals surface area contributed by atoms with E-state index in [2.05, 4.69) is 10.6 Å². The lowest BCUT2D eigenvalue weighted by atomic mass is 10.0. The monoisotopic (exact) mass is 331 g/mol. The third-order valence-corrected chi connectivity index (χ3v) is 3.87. The second-order valence-electron chi connectivity index (χ2n) is 5.57. The Kier molecular flexibility index (Phi) is 4.79. The molecule has 2 aromatic rings. The van der Waals surface area contributed by atoms with E-state index >= 15 is 0 Å². The molecule has 3 amide bonds. The van der Waals surface area contributed by atoms with Crippen molar-refractivity contribution in [2.45, 2.75) is 25.4 Å². The molecule has 1 aliphatic rings. The van der Waals surface area contributed by atoms with Gasteiger partial charge in [0.25, 0.3) is 0 Å². The van der Waals surface area contributed by atoms with E-state index in [1.165, 1.54) is 23.3 Å². The number of nitrogens with one attached hydrogen (secondary N) is 2. The smallest absolute Gasteiger partial charge is 0.315 e. The maximum Gasteiger partial charge on any atom is 0.315 e. The molecule has 1 unspecified atom stereocenters. The van der Waals surface area contributed by atoms with Gasteiger partial charge in [0.05, 0.1) is 12.8 Å². The topological polar surface area (TPSA) is 74.6 Å². The molecule has 1 aromatic carbocycles. The van der Waals surface area contributed by atoms with Crippen molar-refractivity contribution in [2.24, 2.45) is 0 Å². The van der Waals surface area contributed by atoms with Gasteiger partial charge in [-0.3, -0.25) is 4.79 Å². The van der Waals surface area contributed by atoms with Crippen LogP contribution in [0.4, 0.5) is 14.9 Å². The molecule has 126 valence electrons. The van der Waals surface area contributed by atoms with Crippen molar-refractivity contribution in [3.63, 3.8) is 0 Å². The summed E-state index contributed by atoms with van der Waals surface area (Å²) in [6.07, 6.45) is 2.81. The molecule has 0 radical (unpaired) electrons. The summed E-state index contributed by atoms with van der Waals surface area (Å²) in [5, 5.41) is 5.31. The number of hydrogen-bond donors (Lipinski definition) is 2. The summed E-state index contributed by atoms with van der Waals surface area (Å²) in [6, 6.07) is 8.30. The molecule has 6 nitrogen and oxygen atoms in total. The zero-order valence-corrected chi connectivity index (χ0v) is 13.0. The SMILES string of the molecule is O=C(NCc1ccco1)NC1CCCN(c2cccc(F)c2)C1=O. The van der Waals surface area contributed by atoms with Gasteiger partial charge in [-0.2, -0.15) is 0 Å². The molecule has 3 rings (SSSR count). The minimum atomic E-state index is -0.626. The number of urea groups is 1. The van der Waals surface area contributed by atoms with Crippen LogP contribution in [0.15, 0.2) is 47.1 Å². The lowest BCUT2D eigenvalue weighted by molar-refractivity contribution is -0.121. The second kappa shape index (κ2) is 7.16. The molecule has 1 fully saturated rings.